The number of pyridine rings is 2. The summed E-state index contributed by atoms with van der Waals surface area (Å²) in [5, 5.41) is 10.9. The summed E-state index contributed by atoms with van der Waals surface area (Å²) in [4.78, 5) is 20.7. The molecule has 0 aliphatic rings. The summed E-state index contributed by atoms with van der Waals surface area (Å²) in [6, 6.07) is 31.5. The van der Waals surface area contributed by atoms with Crippen molar-refractivity contribution in [2.24, 2.45) is 0 Å². The molecular weight excluding hydrogens is 597 g/mol. The van der Waals surface area contributed by atoms with Gasteiger partial charge in [-0.3, -0.25) is 4.79 Å². The molecule has 9 heteroatoms. The number of carboxylic acids is 1. The Morgan fingerprint density at radius 1 is 0.674 bits per heavy atom. The minimum atomic E-state index is -0.864. The Balaban J connectivity index is 0.00000417. The van der Waals surface area contributed by atoms with Crippen molar-refractivity contribution in [1.29, 1.82) is 0 Å². The number of fused-ring (bicyclic) bond motifs is 2. The third-order valence-corrected chi connectivity index (χ3v) is 8.01. The fourth-order valence-corrected chi connectivity index (χ4v) is 5.40. The number of nitrogens with zero attached hydrogens (tertiary/aromatic N) is 2. The number of benzene rings is 4. The van der Waals surface area contributed by atoms with Crippen molar-refractivity contribution in [3.8, 4) is 11.5 Å². The summed E-state index contributed by atoms with van der Waals surface area (Å²) >= 11 is 0. The van der Waals surface area contributed by atoms with Crippen LogP contribution in [0.25, 0.3) is 21.8 Å². The van der Waals surface area contributed by atoms with Crippen molar-refractivity contribution in [3.05, 3.63) is 143 Å². The van der Waals surface area contributed by atoms with Gasteiger partial charge in [0.1, 0.15) is 36.3 Å². The van der Waals surface area contributed by atoms with Crippen LogP contribution in [0.2, 0.25) is 0 Å². The number of carboxylic acid groups (broad SMARTS) is 1. The van der Waals surface area contributed by atoms with Gasteiger partial charge < -0.3 is 14.6 Å². The predicted octanol–water partition coefficient (Wildman–Crippen LogP) is 7.74. The van der Waals surface area contributed by atoms with E-state index in [-0.39, 0.29) is 60.8 Å². The van der Waals surface area contributed by atoms with Gasteiger partial charge >= 0.3 is 35.5 Å². The maximum atomic E-state index is 13.5. The summed E-state index contributed by atoms with van der Waals surface area (Å²) in [5.41, 5.74) is 4.15. The molecule has 0 fully saturated rings. The van der Waals surface area contributed by atoms with E-state index >= 15 is 0 Å². The molecule has 6 rings (SSSR count). The van der Waals surface area contributed by atoms with E-state index in [9.17, 15) is 18.7 Å². The zero-order valence-electron chi connectivity index (χ0n) is 24.5. The molecule has 0 amide bonds. The Bertz CT molecular complexity index is 1850. The van der Waals surface area contributed by atoms with Crippen LogP contribution in [-0.2, 0) is 23.4 Å². The first kappa shape index (κ1) is 33.0. The molecule has 0 aliphatic heterocycles. The van der Waals surface area contributed by atoms with Gasteiger partial charge in [-0.05, 0) is 90.3 Å². The molecule has 0 bridgehead atoms. The number of rotatable bonds is 11. The number of halogens is 2. The molecule has 2 heterocycles. The number of carbonyl (C=O) groups is 1. The normalized spacial score (nSPS) is 11.3. The topological polar surface area (TPSA) is 81.5 Å². The Hall–Kier alpha value is -4.37. The van der Waals surface area contributed by atoms with Gasteiger partial charge in [-0.2, -0.15) is 0 Å². The van der Waals surface area contributed by atoms with Crippen molar-refractivity contribution in [2.45, 2.75) is 38.4 Å². The van der Waals surface area contributed by atoms with Crippen molar-refractivity contribution in [3.63, 3.8) is 0 Å². The molecule has 6 aromatic rings. The fourth-order valence-electron chi connectivity index (χ4n) is 5.40. The van der Waals surface area contributed by atoms with Gasteiger partial charge in [0.25, 0.3) is 0 Å². The number of aromatic nitrogens is 2. The average molecular weight is 629 g/mol. The minimum absolute atomic E-state index is 0. The van der Waals surface area contributed by atoms with Crippen LogP contribution in [0.3, 0.4) is 0 Å². The quantitative estimate of drug-likeness (QED) is 0.148. The summed E-state index contributed by atoms with van der Waals surface area (Å²) in [6.45, 7) is 2.53. The molecular formula is C37H31F2N2NaO4. The molecule has 0 atom stereocenters. The molecule has 46 heavy (non-hydrogen) atoms. The van der Waals surface area contributed by atoms with Crippen LogP contribution in [0.15, 0.2) is 109 Å². The number of ether oxygens (including phenoxy) is 2. The van der Waals surface area contributed by atoms with Crippen LogP contribution >= 0.6 is 0 Å². The molecule has 1 N–H and O–H groups in total. The summed E-state index contributed by atoms with van der Waals surface area (Å²) in [5.74, 6) is -0.170. The van der Waals surface area contributed by atoms with Crippen LogP contribution in [0, 0.1) is 11.6 Å². The van der Waals surface area contributed by atoms with E-state index in [4.69, 9.17) is 9.47 Å². The Morgan fingerprint density at radius 3 is 1.52 bits per heavy atom. The first-order valence-electron chi connectivity index (χ1n) is 14.5. The third kappa shape index (κ3) is 7.70. The first-order chi connectivity index (χ1) is 21.7. The van der Waals surface area contributed by atoms with Gasteiger partial charge in [-0.15, -0.1) is 0 Å². The Kier molecular flexibility index (Phi) is 10.3. The van der Waals surface area contributed by atoms with Gasteiger partial charge in [0, 0.05) is 22.6 Å². The SMILES string of the molecule is CC(CCC(=O)O)(c1ccc(OCc2ccc3cc(F)ccc3n2)cc1)c1ccc(OCc2ccc3cc(F)ccc3n2)cc1.[NaH]. The zero-order chi connectivity index (χ0) is 31.4. The molecule has 0 spiro atoms. The molecule has 0 radical (unpaired) electrons. The summed E-state index contributed by atoms with van der Waals surface area (Å²) in [7, 11) is 0. The molecule has 4 aromatic carbocycles. The van der Waals surface area contributed by atoms with E-state index in [1.54, 1.807) is 12.1 Å². The van der Waals surface area contributed by atoms with E-state index in [0.717, 1.165) is 33.3 Å². The second kappa shape index (κ2) is 14.4. The molecule has 0 unspecified atom stereocenters. The van der Waals surface area contributed by atoms with Crippen molar-refractivity contribution >= 4 is 57.3 Å². The van der Waals surface area contributed by atoms with Gasteiger partial charge in [-0.25, -0.2) is 18.7 Å². The van der Waals surface area contributed by atoms with E-state index < -0.39 is 11.4 Å². The molecule has 0 aliphatic carbocycles. The molecule has 0 saturated carbocycles. The number of aliphatic carboxylic acids is 1. The van der Waals surface area contributed by atoms with Gasteiger partial charge in [0.05, 0.1) is 22.4 Å². The van der Waals surface area contributed by atoms with E-state index in [0.29, 0.717) is 29.0 Å². The average Bonchev–Trinajstić information content (AvgIpc) is 3.05. The second-order valence-corrected chi connectivity index (χ2v) is 11.1. The van der Waals surface area contributed by atoms with Crippen LogP contribution in [0.1, 0.15) is 42.3 Å². The Morgan fingerprint density at radius 2 is 1.11 bits per heavy atom. The standard InChI is InChI=1S/C37H30F2N2O4.Na.H/c1-37(19-18-36(42)43,26-4-12-32(13-5-26)44-22-30-10-2-24-20-28(38)8-16-34(24)40-30)27-6-14-33(15-7-27)45-23-31-11-3-25-21-29(39)9-17-35(25)41-31;;/h2-17,20-21H,18-19,22-23H2,1H3,(H,42,43);;. The van der Waals surface area contributed by atoms with Crippen LogP contribution in [-0.4, -0.2) is 50.6 Å². The van der Waals surface area contributed by atoms with Gasteiger partial charge in [-0.1, -0.05) is 43.3 Å². The van der Waals surface area contributed by atoms with Crippen LogP contribution in [0.4, 0.5) is 8.78 Å². The predicted molar refractivity (Wildman–Crippen MR) is 175 cm³/mol. The summed E-state index contributed by atoms with van der Waals surface area (Å²) in [6.07, 6.45) is 0.397. The van der Waals surface area contributed by atoms with E-state index in [1.165, 1.54) is 24.3 Å². The van der Waals surface area contributed by atoms with E-state index in [1.807, 2.05) is 79.7 Å². The number of hydrogen-bond donors (Lipinski definition) is 1. The molecule has 228 valence electrons. The van der Waals surface area contributed by atoms with Crippen molar-refractivity contribution in [2.75, 3.05) is 0 Å². The Labute approximate surface area is 287 Å². The zero-order valence-corrected chi connectivity index (χ0v) is 24.5. The van der Waals surface area contributed by atoms with Crippen molar-refractivity contribution < 1.29 is 28.2 Å². The van der Waals surface area contributed by atoms with Gasteiger partial charge in [0.15, 0.2) is 0 Å². The van der Waals surface area contributed by atoms with Crippen LogP contribution < -0.4 is 9.47 Å². The number of hydrogen-bond acceptors (Lipinski definition) is 5. The maximum absolute atomic E-state index is 13.5. The second-order valence-electron chi connectivity index (χ2n) is 11.1. The first-order valence-corrected chi connectivity index (χ1v) is 14.5. The third-order valence-electron chi connectivity index (χ3n) is 8.01. The van der Waals surface area contributed by atoms with Gasteiger partial charge in [0.2, 0.25) is 0 Å². The van der Waals surface area contributed by atoms with Crippen molar-refractivity contribution in [1.82, 2.24) is 9.97 Å². The molecule has 0 saturated heterocycles. The molecule has 6 nitrogen and oxygen atoms in total. The van der Waals surface area contributed by atoms with E-state index in [2.05, 4.69) is 9.97 Å². The fraction of sp³-hybridized carbons (Fsp3) is 0.162. The molecule has 2 aromatic heterocycles. The monoisotopic (exact) mass is 628 g/mol. The summed E-state index contributed by atoms with van der Waals surface area (Å²) < 4.78 is 38.9. The van der Waals surface area contributed by atoms with Crippen LogP contribution in [0.5, 0.6) is 11.5 Å².